The fraction of sp³-hybridized carbons (Fsp3) is 0.391. The molecule has 0 unspecified atom stereocenters. The Balaban J connectivity index is 1.95. The summed E-state index contributed by atoms with van der Waals surface area (Å²) < 4.78 is 2.23. The first kappa shape index (κ1) is 24.5. The third-order valence-electron chi connectivity index (χ3n) is 6.00. The SMILES string of the molecule is Cc1c(C(=O)N(C)C)sc2c1c(=O)n(-c1ccc(Cl)c(Cl)c1)c(=O)n2CC(=O)NC1CCCC1. The van der Waals surface area contributed by atoms with E-state index >= 15 is 0 Å². The van der Waals surface area contributed by atoms with Gasteiger partial charge in [-0.3, -0.25) is 19.0 Å². The van der Waals surface area contributed by atoms with E-state index in [0.29, 0.717) is 10.4 Å². The minimum absolute atomic E-state index is 0.0793. The summed E-state index contributed by atoms with van der Waals surface area (Å²) >= 11 is 13.2. The molecule has 34 heavy (non-hydrogen) atoms. The standard InChI is InChI=1S/C23H24Cl2N4O4S/c1-12-18-20(31)29(14-8-9-15(24)16(25)10-14)23(33)28(11-17(30)26-13-6-4-5-7-13)22(18)34-19(12)21(32)27(2)3/h8-10,13H,4-7,11H2,1-3H3,(H,26,30). The molecule has 4 rings (SSSR count). The molecule has 2 aromatic heterocycles. The first-order valence-corrected chi connectivity index (χ1v) is 12.4. The zero-order valence-electron chi connectivity index (χ0n) is 19.0. The van der Waals surface area contributed by atoms with Gasteiger partial charge in [0.1, 0.15) is 11.4 Å². The van der Waals surface area contributed by atoms with Crippen molar-refractivity contribution in [2.24, 2.45) is 0 Å². The molecule has 1 saturated carbocycles. The van der Waals surface area contributed by atoms with Crippen LogP contribution in [0.15, 0.2) is 27.8 Å². The van der Waals surface area contributed by atoms with Gasteiger partial charge in [0, 0.05) is 20.1 Å². The Morgan fingerprint density at radius 3 is 2.44 bits per heavy atom. The van der Waals surface area contributed by atoms with Crippen molar-refractivity contribution in [1.82, 2.24) is 19.4 Å². The highest BCUT2D eigenvalue weighted by Gasteiger charge is 2.26. The predicted molar refractivity (Wildman–Crippen MR) is 135 cm³/mol. The van der Waals surface area contributed by atoms with Crippen molar-refractivity contribution in [2.45, 2.75) is 45.2 Å². The van der Waals surface area contributed by atoms with Crippen molar-refractivity contribution in [3.63, 3.8) is 0 Å². The Kier molecular flexibility index (Phi) is 6.89. The summed E-state index contributed by atoms with van der Waals surface area (Å²) in [5, 5.41) is 3.66. The number of carbonyl (C=O) groups excluding carboxylic acids is 2. The van der Waals surface area contributed by atoms with Crippen LogP contribution < -0.4 is 16.6 Å². The quantitative estimate of drug-likeness (QED) is 0.553. The van der Waals surface area contributed by atoms with Gasteiger partial charge in [-0.2, -0.15) is 0 Å². The molecule has 1 aliphatic carbocycles. The number of nitrogens with one attached hydrogen (secondary N) is 1. The lowest BCUT2D eigenvalue weighted by molar-refractivity contribution is -0.122. The van der Waals surface area contributed by atoms with Crippen molar-refractivity contribution in [3.05, 3.63) is 59.5 Å². The number of hydrogen-bond acceptors (Lipinski definition) is 5. The van der Waals surface area contributed by atoms with E-state index in [1.54, 1.807) is 21.0 Å². The van der Waals surface area contributed by atoms with Gasteiger partial charge >= 0.3 is 5.69 Å². The Hall–Kier alpha value is -2.62. The third kappa shape index (κ3) is 4.39. The molecule has 0 saturated heterocycles. The van der Waals surface area contributed by atoms with Crippen LogP contribution in [-0.4, -0.2) is 46.0 Å². The summed E-state index contributed by atoms with van der Waals surface area (Å²) in [6, 6.07) is 4.51. The van der Waals surface area contributed by atoms with Crippen LogP contribution in [0.25, 0.3) is 15.9 Å². The van der Waals surface area contributed by atoms with E-state index in [2.05, 4.69) is 5.32 Å². The molecular weight excluding hydrogens is 499 g/mol. The highest BCUT2D eigenvalue weighted by atomic mass is 35.5. The van der Waals surface area contributed by atoms with E-state index in [0.717, 1.165) is 41.6 Å². The Morgan fingerprint density at radius 2 is 1.82 bits per heavy atom. The maximum Gasteiger partial charge on any atom is 0.337 e. The van der Waals surface area contributed by atoms with Crippen LogP contribution in [0.5, 0.6) is 0 Å². The highest BCUT2D eigenvalue weighted by molar-refractivity contribution is 7.20. The lowest BCUT2D eigenvalue weighted by atomic mass is 10.2. The fourth-order valence-electron chi connectivity index (χ4n) is 4.23. The number of nitrogens with zero attached hydrogens (tertiary/aromatic N) is 3. The number of fused-ring (bicyclic) bond motifs is 1. The molecule has 0 spiro atoms. The van der Waals surface area contributed by atoms with Gasteiger partial charge in [0.2, 0.25) is 5.91 Å². The molecule has 0 aliphatic heterocycles. The monoisotopic (exact) mass is 522 g/mol. The minimum Gasteiger partial charge on any atom is -0.352 e. The van der Waals surface area contributed by atoms with Gasteiger partial charge in [0.05, 0.1) is 26.0 Å². The van der Waals surface area contributed by atoms with Crippen LogP contribution in [0, 0.1) is 6.92 Å². The van der Waals surface area contributed by atoms with Crippen molar-refractivity contribution in [3.8, 4) is 5.69 Å². The lowest BCUT2D eigenvalue weighted by Gasteiger charge is -2.15. The van der Waals surface area contributed by atoms with Crippen LogP contribution >= 0.6 is 34.5 Å². The fourth-order valence-corrected chi connectivity index (χ4v) is 5.84. The second-order valence-electron chi connectivity index (χ2n) is 8.59. The van der Waals surface area contributed by atoms with Crippen LogP contribution in [-0.2, 0) is 11.3 Å². The number of aromatic nitrogens is 2. The van der Waals surface area contributed by atoms with Gasteiger partial charge in [-0.1, -0.05) is 36.0 Å². The van der Waals surface area contributed by atoms with Crippen LogP contribution in [0.1, 0.15) is 40.9 Å². The average molecular weight is 523 g/mol. The molecule has 0 radical (unpaired) electrons. The number of benzene rings is 1. The molecule has 8 nitrogen and oxygen atoms in total. The average Bonchev–Trinajstić information content (AvgIpc) is 3.40. The summed E-state index contributed by atoms with van der Waals surface area (Å²) in [7, 11) is 3.23. The molecule has 0 bridgehead atoms. The normalized spacial score (nSPS) is 14.0. The number of carbonyl (C=O) groups is 2. The molecule has 1 aromatic carbocycles. The predicted octanol–water partition coefficient (Wildman–Crippen LogP) is 3.59. The zero-order chi connectivity index (χ0) is 24.7. The van der Waals surface area contributed by atoms with Gasteiger partial charge in [-0.25, -0.2) is 9.36 Å². The van der Waals surface area contributed by atoms with E-state index in [4.69, 9.17) is 23.2 Å². The zero-order valence-corrected chi connectivity index (χ0v) is 21.3. The van der Waals surface area contributed by atoms with E-state index in [1.807, 2.05) is 0 Å². The van der Waals surface area contributed by atoms with Crippen LogP contribution in [0.3, 0.4) is 0 Å². The van der Waals surface area contributed by atoms with Crippen LogP contribution in [0.2, 0.25) is 10.0 Å². The van der Waals surface area contributed by atoms with Crippen molar-refractivity contribution in [2.75, 3.05) is 14.1 Å². The first-order chi connectivity index (χ1) is 16.1. The molecule has 1 aliphatic rings. The summed E-state index contributed by atoms with van der Waals surface area (Å²) in [5.41, 5.74) is -0.593. The summed E-state index contributed by atoms with van der Waals surface area (Å²) in [6.45, 7) is 1.40. The van der Waals surface area contributed by atoms with E-state index in [-0.39, 0.29) is 50.4 Å². The van der Waals surface area contributed by atoms with E-state index < -0.39 is 11.2 Å². The molecule has 2 amide bonds. The van der Waals surface area contributed by atoms with Gasteiger partial charge in [-0.05, 0) is 43.5 Å². The van der Waals surface area contributed by atoms with E-state index in [1.165, 1.54) is 27.7 Å². The first-order valence-electron chi connectivity index (χ1n) is 10.9. The van der Waals surface area contributed by atoms with Crippen molar-refractivity contribution >= 4 is 56.6 Å². The number of thiophene rings is 1. The second-order valence-corrected chi connectivity index (χ2v) is 10.4. The van der Waals surface area contributed by atoms with E-state index in [9.17, 15) is 19.2 Å². The number of halogens is 2. The maximum absolute atomic E-state index is 13.6. The largest absolute Gasteiger partial charge is 0.352 e. The Morgan fingerprint density at radius 1 is 1.15 bits per heavy atom. The summed E-state index contributed by atoms with van der Waals surface area (Å²) in [6.07, 6.45) is 3.91. The third-order valence-corrected chi connectivity index (χ3v) is 8.04. The maximum atomic E-state index is 13.6. The van der Waals surface area contributed by atoms with Crippen molar-refractivity contribution < 1.29 is 9.59 Å². The molecule has 11 heteroatoms. The smallest absolute Gasteiger partial charge is 0.337 e. The summed E-state index contributed by atoms with van der Waals surface area (Å²) in [4.78, 5) is 54.8. The molecule has 1 N–H and O–H groups in total. The molecule has 1 fully saturated rings. The topological polar surface area (TPSA) is 93.4 Å². The number of amides is 2. The lowest BCUT2D eigenvalue weighted by Crippen LogP contribution is -2.43. The summed E-state index contributed by atoms with van der Waals surface area (Å²) in [5.74, 6) is -0.602. The minimum atomic E-state index is -0.692. The van der Waals surface area contributed by atoms with Crippen molar-refractivity contribution in [1.29, 1.82) is 0 Å². The molecular formula is C23H24Cl2N4O4S. The Bertz CT molecular complexity index is 1420. The Labute approximate surface area is 209 Å². The highest BCUT2D eigenvalue weighted by Crippen LogP contribution is 2.30. The number of hydrogen-bond donors (Lipinski definition) is 1. The molecule has 2 heterocycles. The van der Waals surface area contributed by atoms with Gasteiger partial charge in [0.15, 0.2) is 0 Å². The second kappa shape index (κ2) is 9.56. The van der Waals surface area contributed by atoms with Gasteiger partial charge in [-0.15, -0.1) is 11.3 Å². The van der Waals surface area contributed by atoms with Gasteiger partial charge < -0.3 is 10.2 Å². The number of rotatable bonds is 5. The van der Waals surface area contributed by atoms with Gasteiger partial charge in [0.25, 0.3) is 11.5 Å². The number of aryl methyl sites for hydroxylation is 1. The molecule has 3 aromatic rings. The molecule has 180 valence electrons. The van der Waals surface area contributed by atoms with Crippen LogP contribution in [0.4, 0.5) is 0 Å². The molecule has 0 atom stereocenters.